The molecule has 1 atom stereocenters. The van der Waals surface area contributed by atoms with Crippen molar-refractivity contribution < 1.29 is 0 Å². The summed E-state index contributed by atoms with van der Waals surface area (Å²) in [5, 5.41) is 0. The van der Waals surface area contributed by atoms with Gasteiger partial charge in [0.05, 0.1) is 29.8 Å². The molecule has 0 radical (unpaired) electrons. The van der Waals surface area contributed by atoms with E-state index in [0.717, 1.165) is 55.8 Å². The summed E-state index contributed by atoms with van der Waals surface area (Å²) in [6.07, 6.45) is 10.4. The molecule has 7 nitrogen and oxygen atoms in total. The molecule has 2 aliphatic rings. The first-order chi connectivity index (χ1) is 12.7. The molecule has 0 spiro atoms. The molecule has 138 valence electrons. The average molecular weight is 353 g/mol. The third-order valence-corrected chi connectivity index (χ3v) is 5.26. The molecule has 4 heterocycles. The minimum absolute atomic E-state index is 0.313. The molecular weight excluding hydrogens is 326 g/mol. The van der Waals surface area contributed by atoms with Crippen molar-refractivity contribution >= 4 is 11.8 Å². The Morgan fingerprint density at radius 1 is 1.08 bits per heavy atom. The molecule has 0 aromatic carbocycles. The number of anilines is 2. The van der Waals surface area contributed by atoms with Gasteiger partial charge in [-0.2, -0.15) is 0 Å². The predicted octanol–water partition coefficient (Wildman–Crippen LogP) is 2.27. The summed E-state index contributed by atoms with van der Waals surface area (Å²) in [6, 6.07) is 2.35. The first kappa shape index (κ1) is 17.1. The van der Waals surface area contributed by atoms with Crippen molar-refractivity contribution in [3.63, 3.8) is 0 Å². The molecule has 26 heavy (non-hydrogen) atoms. The molecule has 0 aliphatic carbocycles. The first-order valence-electron chi connectivity index (χ1n) is 9.51. The van der Waals surface area contributed by atoms with E-state index in [1.807, 2.05) is 43.7 Å². The van der Waals surface area contributed by atoms with Gasteiger partial charge in [-0.05, 0) is 38.3 Å². The van der Waals surface area contributed by atoms with Gasteiger partial charge in [-0.15, -0.1) is 0 Å². The maximum absolute atomic E-state index is 4.82. The van der Waals surface area contributed by atoms with Crippen LogP contribution in [0.5, 0.6) is 0 Å². The molecule has 0 N–H and O–H groups in total. The highest BCUT2D eigenvalue weighted by Crippen LogP contribution is 2.32. The lowest BCUT2D eigenvalue weighted by molar-refractivity contribution is 0.241. The number of rotatable bonds is 5. The molecule has 2 aromatic heterocycles. The molecule has 2 aliphatic heterocycles. The van der Waals surface area contributed by atoms with Crippen LogP contribution in [0.4, 0.5) is 11.8 Å². The maximum Gasteiger partial charge on any atom is 0.225 e. The first-order valence-corrected chi connectivity index (χ1v) is 9.51. The van der Waals surface area contributed by atoms with Crippen LogP contribution in [-0.4, -0.2) is 58.6 Å². The molecule has 0 unspecified atom stereocenters. The largest absolute Gasteiger partial charge is 0.361 e. The zero-order chi connectivity index (χ0) is 17.9. The second-order valence-electron chi connectivity index (χ2n) is 7.37. The van der Waals surface area contributed by atoms with E-state index in [9.17, 15) is 0 Å². The molecule has 0 amide bonds. The summed E-state index contributed by atoms with van der Waals surface area (Å²) < 4.78 is 0. The van der Waals surface area contributed by atoms with Crippen LogP contribution in [0.1, 0.15) is 43.1 Å². The highest BCUT2D eigenvalue weighted by Gasteiger charge is 2.28. The normalized spacial score (nSPS) is 20.7. The Kier molecular flexibility index (Phi) is 4.97. The van der Waals surface area contributed by atoms with Crippen molar-refractivity contribution in [2.24, 2.45) is 0 Å². The van der Waals surface area contributed by atoms with Crippen LogP contribution in [0, 0.1) is 0 Å². The van der Waals surface area contributed by atoms with Crippen LogP contribution < -0.4 is 9.80 Å². The summed E-state index contributed by atoms with van der Waals surface area (Å²) in [7, 11) is 4.00. The van der Waals surface area contributed by atoms with Crippen molar-refractivity contribution in [2.45, 2.75) is 38.3 Å². The Hall–Kier alpha value is -2.28. The Bertz CT molecular complexity index is 742. The number of nitrogens with zero attached hydrogens (tertiary/aromatic N) is 7. The minimum Gasteiger partial charge on any atom is -0.361 e. The molecule has 4 rings (SSSR count). The van der Waals surface area contributed by atoms with Gasteiger partial charge in [-0.25, -0.2) is 15.0 Å². The summed E-state index contributed by atoms with van der Waals surface area (Å²) in [5.41, 5.74) is 2.15. The highest BCUT2D eigenvalue weighted by atomic mass is 15.3. The number of hydrogen-bond acceptors (Lipinski definition) is 7. The van der Waals surface area contributed by atoms with Crippen molar-refractivity contribution in [2.75, 3.05) is 43.5 Å². The fraction of sp³-hybridized carbons (Fsp3) is 0.579. The van der Waals surface area contributed by atoms with Gasteiger partial charge in [0.1, 0.15) is 5.82 Å². The monoisotopic (exact) mass is 353 g/mol. The topological polar surface area (TPSA) is 61.3 Å². The lowest BCUT2D eigenvalue weighted by Crippen LogP contribution is -2.26. The van der Waals surface area contributed by atoms with E-state index in [0.29, 0.717) is 6.04 Å². The second kappa shape index (κ2) is 7.53. The van der Waals surface area contributed by atoms with Crippen LogP contribution in [0.2, 0.25) is 0 Å². The van der Waals surface area contributed by atoms with Gasteiger partial charge < -0.3 is 9.80 Å². The fourth-order valence-electron chi connectivity index (χ4n) is 3.85. The van der Waals surface area contributed by atoms with Crippen molar-refractivity contribution in [1.29, 1.82) is 0 Å². The number of aromatic nitrogens is 4. The second-order valence-corrected chi connectivity index (χ2v) is 7.37. The van der Waals surface area contributed by atoms with Gasteiger partial charge in [0.25, 0.3) is 0 Å². The summed E-state index contributed by atoms with van der Waals surface area (Å²) in [5.74, 6) is 1.79. The van der Waals surface area contributed by atoms with Crippen LogP contribution >= 0.6 is 0 Å². The van der Waals surface area contributed by atoms with Gasteiger partial charge in [-0.1, -0.05) is 0 Å². The standard InChI is InChI=1S/C19H27N7/c1-24(2)18-13-20-12-16(23-18)17-6-5-11-26(17)14-15-7-8-21-19(22-15)25-9-3-4-10-25/h7-8,12-13,17H,3-6,9-11,14H2,1-2H3/t17-/m1/s1. The third-order valence-electron chi connectivity index (χ3n) is 5.26. The smallest absolute Gasteiger partial charge is 0.225 e. The highest BCUT2D eigenvalue weighted by molar-refractivity contribution is 5.34. The third kappa shape index (κ3) is 3.62. The Labute approximate surface area is 155 Å². The van der Waals surface area contributed by atoms with E-state index in [4.69, 9.17) is 9.97 Å². The SMILES string of the molecule is CN(C)c1cncc([C@H]2CCCN2Cc2ccnc(N3CCCC3)n2)n1. The van der Waals surface area contributed by atoms with Gasteiger partial charge in [0.2, 0.25) is 5.95 Å². The molecule has 2 aromatic rings. The zero-order valence-electron chi connectivity index (χ0n) is 15.7. The molecule has 7 heteroatoms. The Morgan fingerprint density at radius 3 is 2.73 bits per heavy atom. The van der Waals surface area contributed by atoms with E-state index >= 15 is 0 Å². The Balaban J connectivity index is 1.50. The van der Waals surface area contributed by atoms with E-state index in [2.05, 4.69) is 19.8 Å². The molecule has 0 saturated carbocycles. The molecular formula is C19H27N7. The molecule has 2 fully saturated rings. The van der Waals surface area contributed by atoms with Crippen LogP contribution in [0.3, 0.4) is 0 Å². The summed E-state index contributed by atoms with van der Waals surface area (Å²) in [4.78, 5) is 25.3. The van der Waals surface area contributed by atoms with E-state index in [-0.39, 0.29) is 0 Å². The van der Waals surface area contributed by atoms with Gasteiger partial charge in [0, 0.05) is 39.9 Å². The summed E-state index contributed by atoms with van der Waals surface area (Å²) in [6.45, 7) is 4.05. The lowest BCUT2D eigenvalue weighted by atomic mass is 10.1. The zero-order valence-corrected chi connectivity index (χ0v) is 15.7. The van der Waals surface area contributed by atoms with E-state index in [1.165, 1.54) is 19.3 Å². The number of likely N-dealkylation sites (tertiary alicyclic amines) is 1. The van der Waals surface area contributed by atoms with Crippen LogP contribution in [0.15, 0.2) is 24.7 Å². The van der Waals surface area contributed by atoms with Gasteiger partial charge in [-0.3, -0.25) is 9.88 Å². The molecule has 0 bridgehead atoms. The summed E-state index contributed by atoms with van der Waals surface area (Å²) >= 11 is 0. The maximum atomic E-state index is 4.82. The lowest BCUT2D eigenvalue weighted by Gasteiger charge is -2.24. The number of hydrogen-bond donors (Lipinski definition) is 0. The van der Waals surface area contributed by atoms with Gasteiger partial charge >= 0.3 is 0 Å². The Morgan fingerprint density at radius 2 is 1.92 bits per heavy atom. The molecule has 2 saturated heterocycles. The van der Waals surface area contributed by atoms with Crippen molar-refractivity contribution in [3.05, 3.63) is 36.0 Å². The van der Waals surface area contributed by atoms with E-state index < -0.39 is 0 Å². The predicted molar refractivity (Wildman–Crippen MR) is 102 cm³/mol. The minimum atomic E-state index is 0.313. The van der Waals surface area contributed by atoms with Crippen LogP contribution in [0.25, 0.3) is 0 Å². The van der Waals surface area contributed by atoms with Crippen molar-refractivity contribution in [3.8, 4) is 0 Å². The fourth-order valence-corrected chi connectivity index (χ4v) is 3.85. The average Bonchev–Trinajstić information content (AvgIpc) is 3.34. The van der Waals surface area contributed by atoms with E-state index in [1.54, 1.807) is 0 Å². The van der Waals surface area contributed by atoms with Gasteiger partial charge in [0.15, 0.2) is 0 Å². The van der Waals surface area contributed by atoms with Crippen molar-refractivity contribution in [1.82, 2.24) is 24.8 Å². The van der Waals surface area contributed by atoms with Crippen LogP contribution in [-0.2, 0) is 6.54 Å². The quantitative estimate of drug-likeness (QED) is 0.817.